The number of amides is 1. The molecule has 2 aliphatic carbocycles. The van der Waals surface area contributed by atoms with E-state index in [0.29, 0.717) is 16.7 Å². The van der Waals surface area contributed by atoms with E-state index in [9.17, 15) is 9.59 Å². The zero-order valence-corrected chi connectivity index (χ0v) is 15.4. The number of esters is 1. The smallest absolute Gasteiger partial charge is 0.348 e. The van der Waals surface area contributed by atoms with Crippen molar-refractivity contribution in [3.05, 3.63) is 21.4 Å². The maximum absolute atomic E-state index is 12.2. The molecule has 1 heterocycles. The van der Waals surface area contributed by atoms with Crippen molar-refractivity contribution >= 4 is 23.2 Å². The van der Waals surface area contributed by atoms with Gasteiger partial charge in [-0.1, -0.05) is 26.7 Å². The third-order valence-electron chi connectivity index (χ3n) is 5.32. The summed E-state index contributed by atoms with van der Waals surface area (Å²) >= 11 is 1.53. The summed E-state index contributed by atoms with van der Waals surface area (Å²) in [5, 5.41) is 3.02. The first kappa shape index (κ1) is 17.5. The van der Waals surface area contributed by atoms with Crippen LogP contribution in [-0.2, 0) is 22.4 Å². The van der Waals surface area contributed by atoms with E-state index < -0.39 is 0 Å². The first-order chi connectivity index (χ1) is 11.5. The van der Waals surface area contributed by atoms with Crippen molar-refractivity contribution in [2.45, 2.75) is 64.8 Å². The fourth-order valence-electron chi connectivity index (χ4n) is 3.79. The van der Waals surface area contributed by atoms with Crippen LogP contribution < -0.4 is 5.32 Å². The molecule has 5 heteroatoms. The van der Waals surface area contributed by atoms with E-state index in [1.54, 1.807) is 0 Å². The van der Waals surface area contributed by atoms with Crippen LogP contribution in [0, 0.1) is 11.8 Å². The van der Waals surface area contributed by atoms with Crippen LogP contribution in [0.3, 0.4) is 0 Å². The highest BCUT2D eigenvalue weighted by Gasteiger charge is 2.24. The highest BCUT2D eigenvalue weighted by molar-refractivity contribution is 7.14. The Morgan fingerprint density at radius 3 is 2.83 bits per heavy atom. The molecular weight excluding hydrogens is 322 g/mol. The lowest BCUT2D eigenvalue weighted by molar-refractivity contribution is -0.125. The highest BCUT2D eigenvalue weighted by atomic mass is 32.1. The zero-order valence-electron chi connectivity index (χ0n) is 14.6. The van der Waals surface area contributed by atoms with Gasteiger partial charge in [-0.3, -0.25) is 4.79 Å². The number of aryl methyl sites for hydroxylation is 1. The first-order valence-corrected chi connectivity index (χ1v) is 9.92. The standard InChI is InChI=1S/C19H27NO3S/c1-12-7-8-16-14(9-12)10-17(24-16)19(22)23-11-18(21)20-15-6-4-3-5-13(15)2/h10,12-13,15H,3-9,11H2,1-2H3,(H,20,21)/t12-,13-,15-/m0/s1. The van der Waals surface area contributed by atoms with Gasteiger partial charge in [0.15, 0.2) is 6.61 Å². The Hall–Kier alpha value is -1.36. The summed E-state index contributed by atoms with van der Waals surface area (Å²) in [5.41, 5.74) is 1.28. The number of nitrogens with one attached hydrogen (secondary N) is 1. The molecule has 0 radical (unpaired) electrons. The molecule has 132 valence electrons. The first-order valence-electron chi connectivity index (χ1n) is 9.11. The van der Waals surface area contributed by atoms with E-state index >= 15 is 0 Å². The lowest BCUT2D eigenvalue weighted by Gasteiger charge is -2.29. The summed E-state index contributed by atoms with van der Waals surface area (Å²) in [6.07, 6.45) is 7.86. The van der Waals surface area contributed by atoms with Crippen LogP contribution in [0.15, 0.2) is 6.07 Å². The number of fused-ring (bicyclic) bond motifs is 1. The van der Waals surface area contributed by atoms with E-state index in [1.165, 1.54) is 34.6 Å². The van der Waals surface area contributed by atoms with Gasteiger partial charge in [0, 0.05) is 10.9 Å². The Bertz CT molecular complexity index is 610. The van der Waals surface area contributed by atoms with Gasteiger partial charge in [0.1, 0.15) is 4.88 Å². The maximum atomic E-state index is 12.2. The fraction of sp³-hybridized carbons (Fsp3) is 0.684. The van der Waals surface area contributed by atoms with Crippen molar-refractivity contribution in [2.75, 3.05) is 6.61 Å². The van der Waals surface area contributed by atoms with E-state index in [-0.39, 0.29) is 24.5 Å². The molecule has 1 fully saturated rings. The quantitative estimate of drug-likeness (QED) is 0.843. The Labute approximate surface area is 148 Å². The van der Waals surface area contributed by atoms with Gasteiger partial charge in [-0.2, -0.15) is 0 Å². The van der Waals surface area contributed by atoms with Crippen LogP contribution in [0.4, 0.5) is 0 Å². The number of carbonyl (C=O) groups excluding carboxylic acids is 2. The van der Waals surface area contributed by atoms with Gasteiger partial charge < -0.3 is 10.1 Å². The van der Waals surface area contributed by atoms with Gasteiger partial charge in [-0.05, 0) is 55.6 Å². The summed E-state index contributed by atoms with van der Waals surface area (Å²) in [4.78, 5) is 26.2. The topological polar surface area (TPSA) is 55.4 Å². The average molecular weight is 349 g/mol. The third-order valence-corrected chi connectivity index (χ3v) is 6.54. The second-order valence-electron chi connectivity index (χ2n) is 7.42. The Balaban J connectivity index is 1.49. The van der Waals surface area contributed by atoms with Gasteiger partial charge in [-0.15, -0.1) is 11.3 Å². The summed E-state index contributed by atoms with van der Waals surface area (Å²) in [6, 6.07) is 2.18. The van der Waals surface area contributed by atoms with Gasteiger partial charge in [0.2, 0.25) is 0 Å². The highest BCUT2D eigenvalue weighted by Crippen LogP contribution is 2.32. The minimum absolute atomic E-state index is 0.180. The molecule has 1 aromatic rings. The zero-order chi connectivity index (χ0) is 17.1. The summed E-state index contributed by atoms with van der Waals surface area (Å²) in [6.45, 7) is 4.24. The molecule has 0 saturated heterocycles. The lowest BCUT2D eigenvalue weighted by atomic mass is 9.86. The fourth-order valence-corrected chi connectivity index (χ4v) is 4.89. The minimum Gasteiger partial charge on any atom is -0.451 e. The SMILES string of the molecule is C[C@H]1CCc2sc(C(=O)OCC(=O)N[C@H]3CCCC[C@@H]3C)cc2C1. The normalized spacial score (nSPS) is 26.5. The molecule has 0 bridgehead atoms. The van der Waals surface area contributed by atoms with E-state index in [4.69, 9.17) is 4.74 Å². The summed E-state index contributed by atoms with van der Waals surface area (Å²) in [7, 11) is 0. The predicted molar refractivity (Wildman–Crippen MR) is 95.4 cm³/mol. The van der Waals surface area contributed by atoms with Crippen LogP contribution in [0.1, 0.15) is 66.1 Å². The number of hydrogen-bond acceptors (Lipinski definition) is 4. The molecule has 0 aromatic carbocycles. The van der Waals surface area contributed by atoms with Crippen LogP contribution in [0.2, 0.25) is 0 Å². The van der Waals surface area contributed by atoms with E-state index in [1.807, 2.05) is 6.07 Å². The second kappa shape index (κ2) is 7.68. The molecule has 1 saturated carbocycles. The number of rotatable bonds is 4. The Morgan fingerprint density at radius 2 is 2.04 bits per heavy atom. The molecule has 3 rings (SSSR count). The molecule has 3 atom stereocenters. The Kier molecular flexibility index (Phi) is 5.59. The lowest BCUT2D eigenvalue weighted by Crippen LogP contribution is -2.42. The molecule has 0 spiro atoms. The van der Waals surface area contributed by atoms with Crippen LogP contribution in [0.25, 0.3) is 0 Å². The van der Waals surface area contributed by atoms with Gasteiger partial charge in [0.25, 0.3) is 5.91 Å². The monoisotopic (exact) mass is 349 g/mol. The van der Waals surface area contributed by atoms with Crippen LogP contribution in [0.5, 0.6) is 0 Å². The van der Waals surface area contributed by atoms with Crippen molar-refractivity contribution in [3.8, 4) is 0 Å². The predicted octanol–water partition coefficient (Wildman–Crippen LogP) is 3.72. The summed E-state index contributed by atoms with van der Waals surface area (Å²) < 4.78 is 5.23. The molecule has 1 N–H and O–H groups in total. The molecule has 1 aromatic heterocycles. The second-order valence-corrected chi connectivity index (χ2v) is 8.56. The largest absolute Gasteiger partial charge is 0.451 e. The number of carbonyl (C=O) groups is 2. The van der Waals surface area contributed by atoms with Crippen molar-refractivity contribution < 1.29 is 14.3 Å². The van der Waals surface area contributed by atoms with Gasteiger partial charge in [0.05, 0.1) is 0 Å². The van der Waals surface area contributed by atoms with Crippen molar-refractivity contribution in [3.63, 3.8) is 0 Å². The van der Waals surface area contributed by atoms with Gasteiger partial charge >= 0.3 is 5.97 Å². The number of ether oxygens (including phenoxy) is 1. The number of hydrogen-bond donors (Lipinski definition) is 1. The molecule has 2 aliphatic rings. The average Bonchev–Trinajstić information content (AvgIpc) is 2.98. The van der Waals surface area contributed by atoms with Crippen LogP contribution >= 0.6 is 11.3 Å². The minimum atomic E-state index is -0.367. The molecule has 0 aliphatic heterocycles. The van der Waals surface area contributed by atoms with Crippen molar-refractivity contribution in [1.29, 1.82) is 0 Å². The molecule has 1 amide bonds. The van der Waals surface area contributed by atoms with E-state index in [2.05, 4.69) is 19.2 Å². The molecular formula is C19H27NO3S. The Morgan fingerprint density at radius 1 is 1.25 bits per heavy atom. The number of thiophene rings is 1. The summed E-state index contributed by atoms with van der Waals surface area (Å²) in [5.74, 6) is 0.634. The van der Waals surface area contributed by atoms with E-state index in [0.717, 1.165) is 32.1 Å². The molecule has 4 nitrogen and oxygen atoms in total. The third kappa shape index (κ3) is 4.18. The van der Waals surface area contributed by atoms with Gasteiger partial charge in [-0.25, -0.2) is 4.79 Å². The molecule has 0 unspecified atom stereocenters. The molecule has 24 heavy (non-hydrogen) atoms. The van der Waals surface area contributed by atoms with Crippen molar-refractivity contribution in [2.24, 2.45) is 11.8 Å². The van der Waals surface area contributed by atoms with Crippen molar-refractivity contribution in [1.82, 2.24) is 5.32 Å². The maximum Gasteiger partial charge on any atom is 0.348 e. The van der Waals surface area contributed by atoms with Crippen LogP contribution in [-0.4, -0.2) is 24.5 Å².